The SMILES string of the molecule is CCCCCCCCCCCCCCCCC(=O)O[C@H](COC(=O)CCCCCCCCCCCCCCC)COP(=O)(O)OC[C@H](O)COP(=O)(O)OC[C@@H](COC(=O)CCCCCCCCCCCCCCC(C)C)OC(=O)CCCCCCCCCCCCCCCCCCC(C)C. The van der Waals surface area contributed by atoms with Crippen LogP contribution in [0.1, 0.15) is 433 Å². The van der Waals surface area contributed by atoms with E-state index in [1.165, 1.54) is 250 Å². The maximum atomic E-state index is 13.1. The van der Waals surface area contributed by atoms with Crippen molar-refractivity contribution in [3.05, 3.63) is 0 Å². The number of hydrogen-bond donors (Lipinski definition) is 3. The molecule has 0 bridgehead atoms. The van der Waals surface area contributed by atoms with Crippen LogP contribution in [0.3, 0.4) is 0 Å². The van der Waals surface area contributed by atoms with E-state index in [2.05, 4.69) is 41.5 Å². The van der Waals surface area contributed by atoms with Crippen molar-refractivity contribution in [2.24, 2.45) is 11.8 Å². The second kappa shape index (κ2) is 73.6. The molecular formula is C82H160O17P2. The van der Waals surface area contributed by atoms with Gasteiger partial charge in [-0.05, 0) is 37.5 Å². The third kappa shape index (κ3) is 76.1. The van der Waals surface area contributed by atoms with Gasteiger partial charge in [-0.3, -0.25) is 37.3 Å². The molecule has 0 aliphatic heterocycles. The van der Waals surface area contributed by atoms with Crippen molar-refractivity contribution in [1.82, 2.24) is 0 Å². The monoisotopic (exact) mass is 1480 g/mol. The Kier molecular flexibility index (Phi) is 72.2. The van der Waals surface area contributed by atoms with Crippen LogP contribution in [-0.2, 0) is 65.4 Å². The molecule has 0 radical (unpaired) electrons. The second-order valence-corrected chi connectivity index (χ2v) is 33.4. The van der Waals surface area contributed by atoms with Crippen molar-refractivity contribution in [3.8, 4) is 0 Å². The molecule has 101 heavy (non-hydrogen) atoms. The fraction of sp³-hybridized carbons (Fsp3) is 0.951. The maximum absolute atomic E-state index is 13.1. The zero-order chi connectivity index (χ0) is 74.2. The molecule has 2 unspecified atom stereocenters. The highest BCUT2D eigenvalue weighted by atomic mass is 31.2. The number of hydrogen-bond acceptors (Lipinski definition) is 15. The zero-order valence-electron chi connectivity index (χ0n) is 66.2. The van der Waals surface area contributed by atoms with Crippen LogP contribution in [0.15, 0.2) is 0 Å². The van der Waals surface area contributed by atoms with E-state index >= 15 is 0 Å². The summed E-state index contributed by atoms with van der Waals surface area (Å²) in [6.45, 7) is 9.70. The average molecular weight is 1480 g/mol. The molecule has 19 heteroatoms. The molecule has 600 valence electrons. The van der Waals surface area contributed by atoms with Crippen molar-refractivity contribution in [3.63, 3.8) is 0 Å². The van der Waals surface area contributed by atoms with Gasteiger partial charge in [-0.2, -0.15) is 0 Å². The predicted molar refractivity (Wildman–Crippen MR) is 414 cm³/mol. The van der Waals surface area contributed by atoms with Crippen LogP contribution in [0.25, 0.3) is 0 Å². The fourth-order valence-corrected chi connectivity index (χ4v) is 14.3. The van der Waals surface area contributed by atoms with Crippen molar-refractivity contribution >= 4 is 39.5 Å². The Balaban J connectivity index is 5.26. The van der Waals surface area contributed by atoms with E-state index in [1.807, 2.05) is 0 Å². The van der Waals surface area contributed by atoms with E-state index in [1.54, 1.807) is 0 Å². The highest BCUT2D eigenvalue weighted by Gasteiger charge is 2.30. The van der Waals surface area contributed by atoms with Gasteiger partial charge in [0.05, 0.1) is 26.4 Å². The predicted octanol–water partition coefficient (Wildman–Crippen LogP) is 24.7. The maximum Gasteiger partial charge on any atom is 0.472 e. The molecule has 0 saturated carbocycles. The number of carbonyl (C=O) groups is 4. The van der Waals surface area contributed by atoms with Crippen LogP contribution in [0.2, 0.25) is 0 Å². The summed E-state index contributed by atoms with van der Waals surface area (Å²) < 4.78 is 68.8. The van der Waals surface area contributed by atoms with Gasteiger partial charge in [0, 0.05) is 25.7 Å². The third-order valence-corrected chi connectivity index (χ3v) is 21.1. The number of aliphatic hydroxyl groups is 1. The van der Waals surface area contributed by atoms with Crippen molar-refractivity contribution < 1.29 is 80.2 Å². The molecule has 0 spiro atoms. The zero-order valence-corrected chi connectivity index (χ0v) is 68.0. The number of phosphoric acid groups is 2. The van der Waals surface area contributed by atoms with Gasteiger partial charge >= 0.3 is 39.5 Å². The van der Waals surface area contributed by atoms with Gasteiger partial charge in [0.25, 0.3) is 0 Å². The smallest absolute Gasteiger partial charge is 0.462 e. The number of carbonyl (C=O) groups excluding carboxylic acids is 4. The Hall–Kier alpha value is -1.94. The van der Waals surface area contributed by atoms with Gasteiger partial charge in [-0.25, -0.2) is 9.13 Å². The van der Waals surface area contributed by atoms with Crippen molar-refractivity contribution in [2.75, 3.05) is 39.6 Å². The van der Waals surface area contributed by atoms with Crippen LogP contribution in [0.5, 0.6) is 0 Å². The van der Waals surface area contributed by atoms with Gasteiger partial charge in [-0.15, -0.1) is 0 Å². The summed E-state index contributed by atoms with van der Waals surface area (Å²) in [5.74, 6) is -0.513. The molecular weight excluding hydrogens is 1320 g/mol. The molecule has 0 aliphatic carbocycles. The van der Waals surface area contributed by atoms with Gasteiger partial charge in [0.15, 0.2) is 12.2 Å². The Morgan fingerprint density at radius 1 is 0.267 bits per heavy atom. The Bertz CT molecular complexity index is 1940. The first-order chi connectivity index (χ1) is 48.9. The van der Waals surface area contributed by atoms with E-state index < -0.39 is 97.5 Å². The van der Waals surface area contributed by atoms with Crippen molar-refractivity contribution in [1.29, 1.82) is 0 Å². The molecule has 0 rings (SSSR count). The van der Waals surface area contributed by atoms with E-state index in [0.717, 1.165) is 102 Å². The molecule has 0 heterocycles. The van der Waals surface area contributed by atoms with E-state index in [0.29, 0.717) is 25.7 Å². The first-order valence-corrected chi connectivity index (χ1v) is 45.5. The molecule has 0 aromatic carbocycles. The molecule has 3 N–H and O–H groups in total. The average Bonchev–Trinajstić information content (AvgIpc) is 0.989. The first kappa shape index (κ1) is 99.1. The highest BCUT2D eigenvalue weighted by Crippen LogP contribution is 2.45. The first-order valence-electron chi connectivity index (χ1n) is 42.5. The fourth-order valence-electron chi connectivity index (χ4n) is 12.7. The normalized spacial score (nSPS) is 13.9. The van der Waals surface area contributed by atoms with E-state index in [-0.39, 0.29) is 25.7 Å². The van der Waals surface area contributed by atoms with Crippen LogP contribution in [0, 0.1) is 11.8 Å². The number of ether oxygens (including phenoxy) is 4. The van der Waals surface area contributed by atoms with Crippen LogP contribution >= 0.6 is 15.6 Å². The summed E-state index contributed by atoms with van der Waals surface area (Å²) in [4.78, 5) is 73.1. The summed E-state index contributed by atoms with van der Waals surface area (Å²) in [7, 11) is -9.92. The number of rotatable bonds is 81. The minimum Gasteiger partial charge on any atom is -0.462 e. The summed E-state index contributed by atoms with van der Waals surface area (Å²) in [6.07, 6.45) is 63.6. The summed E-state index contributed by atoms with van der Waals surface area (Å²) in [6, 6.07) is 0. The topological polar surface area (TPSA) is 237 Å². The molecule has 5 atom stereocenters. The molecule has 0 amide bonds. The van der Waals surface area contributed by atoms with Gasteiger partial charge in [0.1, 0.15) is 19.3 Å². The quantitative estimate of drug-likeness (QED) is 0.0222. The molecule has 0 aromatic heterocycles. The van der Waals surface area contributed by atoms with E-state index in [9.17, 15) is 43.2 Å². The van der Waals surface area contributed by atoms with Crippen LogP contribution < -0.4 is 0 Å². The summed E-state index contributed by atoms with van der Waals surface area (Å²) in [5.41, 5.74) is 0. The Morgan fingerprint density at radius 3 is 0.673 bits per heavy atom. The molecule has 0 saturated heterocycles. The largest absolute Gasteiger partial charge is 0.472 e. The lowest BCUT2D eigenvalue weighted by atomic mass is 10.0. The second-order valence-electron chi connectivity index (χ2n) is 30.5. The number of aliphatic hydroxyl groups excluding tert-OH is 1. The molecule has 0 fully saturated rings. The lowest BCUT2D eigenvalue weighted by Gasteiger charge is -2.21. The molecule has 0 aliphatic rings. The van der Waals surface area contributed by atoms with Crippen molar-refractivity contribution in [2.45, 2.75) is 452 Å². The lowest BCUT2D eigenvalue weighted by molar-refractivity contribution is -0.161. The minimum atomic E-state index is -4.96. The van der Waals surface area contributed by atoms with Gasteiger partial charge in [-0.1, -0.05) is 382 Å². The standard InChI is InChI=1S/C82H160O17P2/c1-7-9-11-13-15-17-19-21-28-36-42-48-54-60-66-81(86)98-77(70-92-79(84)64-58-52-46-40-34-26-20-18-16-14-12-10-8-2)72-96-100(88,89)94-68-76(83)69-95-101(90,91)97-73-78(71-93-80(85)65-59-53-47-41-35-31-30-33-39-45-51-57-63-75(5)6)99-82(87)67-61-55-49-43-37-29-25-23-22-24-27-32-38-44-50-56-62-74(3)4/h74-78,83H,7-73H2,1-6H3,(H,88,89)(H,90,91)/t76-,77+,78+/m0/s1. The van der Waals surface area contributed by atoms with Gasteiger partial charge in [0.2, 0.25) is 0 Å². The lowest BCUT2D eigenvalue weighted by Crippen LogP contribution is -2.30. The van der Waals surface area contributed by atoms with Crippen LogP contribution in [0.4, 0.5) is 0 Å². The number of unbranched alkanes of at least 4 members (excludes halogenated alkanes) is 51. The minimum absolute atomic E-state index is 0.108. The van der Waals surface area contributed by atoms with Crippen LogP contribution in [-0.4, -0.2) is 96.7 Å². The summed E-state index contributed by atoms with van der Waals surface area (Å²) >= 11 is 0. The Morgan fingerprint density at radius 2 is 0.455 bits per heavy atom. The number of phosphoric ester groups is 2. The summed E-state index contributed by atoms with van der Waals surface area (Å²) in [5, 5.41) is 10.7. The number of esters is 4. The van der Waals surface area contributed by atoms with Gasteiger partial charge < -0.3 is 33.8 Å². The van der Waals surface area contributed by atoms with E-state index in [4.69, 9.17) is 37.0 Å². The molecule has 0 aromatic rings. The Labute approximate surface area is 619 Å². The highest BCUT2D eigenvalue weighted by molar-refractivity contribution is 7.47. The third-order valence-electron chi connectivity index (χ3n) is 19.2. The molecule has 17 nitrogen and oxygen atoms in total.